The summed E-state index contributed by atoms with van der Waals surface area (Å²) in [5.74, 6) is 0.482. The Bertz CT molecular complexity index is 718. The molecular formula is C19H22N2O4. The lowest BCUT2D eigenvalue weighted by Gasteiger charge is -2.31. The zero-order chi connectivity index (χ0) is 17.6. The van der Waals surface area contributed by atoms with Crippen molar-refractivity contribution in [1.82, 2.24) is 10.2 Å². The maximum Gasteiger partial charge on any atom is 0.373 e. The molecule has 1 saturated heterocycles. The number of hydrogen-bond acceptors (Lipinski definition) is 5. The number of benzene rings is 1. The van der Waals surface area contributed by atoms with Crippen molar-refractivity contribution in [3.63, 3.8) is 0 Å². The minimum atomic E-state index is -0.464. The molecule has 0 saturated carbocycles. The van der Waals surface area contributed by atoms with Crippen LogP contribution in [-0.4, -0.2) is 43.0 Å². The molecule has 0 spiro atoms. The van der Waals surface area contributed by atoms with Gasteiger partial charge in [-0.1, -0.05) is 18.2 Å². The Morgan fingerprint density at radius 2 is 1.88 bits per heavy atom. The second kappa shape index (κ2) is 7.98. The number of nitrogens with zero attached hydrogens (tertiary/aromatic N) is 1. The van der Waals surface area contributed by atoms with E-state index in [2.05, 4.69) is 15.0 Å². The quantitative estimate of drug-likeness (QED) is 0.845. The number of piperidine rings is 1. The summed E-state index contributed by atoms with van der Waals surface area (Å²) in [6.07, 6.45) is 1.78. The number of carbonyl (C=O) groups is 2. The van der Waals surface area contributed by atoms with Crippen LogP contribution in [0.25, 0.3) is 0 Å². The third kappa shape index (κ3) is 4.48. The van der Waals surface area contributed by atoms with Crippen LogP contribution in [0.5, 0.6) is 0 Å². The fourth-order valence-corrected chi connectivity index (χ4v) is 2.99. The molecule has 1 aliphatic rings. The smallest absolute Gasteiger partial charge is 0.373 e. The van der Waals surface area contributed by atoms with Crippen molar-refractivity contribution in [3.8, 4) is 0 Å². The van der Waals surface area contributed by atoms with Crippen LogP contribution < -0.4 is 5.32 Å². The molecule has 0 atom stereocenters. The van der Waals surface area contributed by atoms with E-state index < -0.39 is 5.97 Å². The number of methoxy groups -OCH3 is 1. The third-order valence-electron chi connectivity index (χ3n) is 4.39. The van der Waals surface area contributed by atoms with E-state index in [-0.39, 0.29) is 17.7 Å². The zero-order valence-electron chi connectivity index (χ0n) is 14.2. The molecule has 0 bridgehead atoms. The Morgan fingerprint density at radius 1 is 1.16 bits per heavy atom. The van der Waals surface area contributed by atoms with Crippen molar-refractivity contribution in [2.24, 2.45) is 0 Å². The van der Waals surface area contributed by atoms with Crippen molar-refractivity contribution in [3.05, 3.63) is 59.5 Å². The van der Waals surface area contributed by atoms with Crippen LogP contribution in [0.3, 0.4) is 0 Å². The molecule has 6 nitrogen and oxygen atoms in total. The highest BCUT2D eigenvalue weighted by molar-refractivity contribution is 5.94. The van der Waals surface area contributed by atoms with Crippen molar-refractivity contribution in [2.75, 3.05) is 20.2 Å². The average molecular weight is 342 g/mol. The third-order valence-corrected chi connectivity index (χ3v) is 4.39. The van der Waals surface area contributed by atoms with Crippen LogP contribution in [0, 0.1) is 0 Å². The molecule has 1 amide bonds. The van der Waals surface area contributed by atoms with Crippen LogP contribution in [-0.2, 0) is 11.3 Å². The minimum Gasteiger partial charge on any atom is -0.463 e. The summed E-state index contributed by atoms with van der Waals surface area (Å²) >= 11 is 0. The molecule has 1 aromatic carbocycles. The highest BCUT2D eigenvalue weighted by atomic mass is 16.5. The number of nitrogens with one attached hydrogen (secondary N) is 1. The molecule has 0 unspecified atom stereocenters. The van der Waals surface area contributed by atoms with Gasteiger partial charge in [0.15, 0.2) is 0 Å². The number of esters is 1. The molecule has 0 radical (unpaired) electrons. The first kappa shape index (κ1) is 17.2. The molecule has 1 aromatic heterocycles. The Hall–Kier alpha value is -2.60. The summed E-state index contributed by atoms with van der Waals surface area (Å²) in [7, 11) is 1.33. The molecule has 1 fully saturated rings. The van der Waals surface area contributed by atoms with Crippen LogP contribution in [0.15, 0.2) is 46.9 Å². The van der Waals surface area contributed by atoms with Gasteiger partial charge in [0.2, 0.25) is 5.76 Å². The fraction of sp³-hybridized carbons (Fsp3) is 0.368. The molecule has 3 rings (SSSR count). The van der Waals surface area contributed by atoms with Gasteiger partial charge in [0, 0.05) is 24.7 Å². The topological polar surface area (TPSA) is 71.8 Å². The van der Waals surface area contributed by atoms with Crippen LogP contribution in [0.1, 0.15) is 39.5 Å². The van der Waals surface area contributed by atoms with Gasteiger partial charge < -0.3 is 14.5 Å². The first-order chi connectivity index (χ1) is 12.2. The molecule has 132 valence electrons. The van der Waals surface area contributed by atoms with Gasteiger partial charge in [0.25, 0.3) is 5.91 Å². The molecule has 2 heterocycles. The first-order valence-corrected chi connectivity index (χ1v) is 8.41. The van der Waals surface area contributed by atoms with Gasteiger partial charge in [-0.2, -0.15) is 0 Å². The lowest BCUT2D eigenvalue weighted by molar-refractivity contribution is 0.0560. The summed E-state index contributed by atoms with van der Waals surface area (Å²) in [6, 6.07) is 12.9. The molecule has 0 aliphatic carbocycles. The summed E-state index contributed by atoms with van der Waals surface area (Å²) < 4.78 is 10.1. The van der Waals surface area contributed by atoms with E-state index in [1.807, 2.05) is 30.3 Å². The lowest BCUT2D eigenvalue weighted by Crippen LogP contribution is -2.44. The Labute approximate surface area is 146 Å². The van der Waals surface area contributed by atoms with Crippen LogP contribution in [0.2, 0.25) is 0 Å². The lowest BCUT2D eigenvalue weighted by atomic mass is 10.0. The number of likely N-dealkylation sites (tertiary alicyclic amines) is 1. The Morgan fingerprint density at radius 3 is 2.56 bits per heavy atom. The molecule has 2 aromatic rings. The van der Waals surface area contributed by atoms with Gasteiger partial charge in [-0.05, 0) is 37.1 Å². The van der Waals surface area contributed by atoms with Crippen LogP contribution >= 0.6 is 0 Å². The molecule has 25 heavy (non-hydrogen) atoms. The van der Waals surface area contributed by atoms with E-state index in [1.54, 1.807) is 12.1 Å². The standard InChI is InChI=1S/C19H22N2O4/c1-24-19(23)17-8-7-16(25-17)13-21-11-9-15(10-12-21)20-18(22)14-5-3-2-4-6-14/h2-8,15H,9-13H2,1H3,(H,20,22). The Balaban J connectivity index is 1.46. The van der Waals surface area contributed by atoms with Gasteiger partial charge in [-0.15, -0.1) is 0 Å². The number of carbonyl (C=O) groups excluding carboxylic acids is 2. The summed E-state index contributed by atoms with van der Waals surface area (Å²) in [5, 5.41) is 3.10. The predicted molar refractivity (Wildman–Crippen MR) is 92.3 cm³/mol. The van der Waals surface area contributed by atoms with Crippen LogP contribution in [0.4, 0.5) is 0 Å². The van der Waals surface area contributed by atoms with Crippen molar-refractivity contribution >= 4 is 11.9 Å². The monoisotopic (exact) mass is 342 g/mol. The van der Waals surface area contributed by atoms with Gasteiger partial charge in [-0.3, -0.25) is 9.69 Å². The predicted octanol–water partition coefficient (Wildman–Crippen LogP) is 2.46. The SMILES string of the molecule is COC(=O)c1ccc(CN2CCC(NC(=O)c3ccccc3)CC2)o1. The average Bonchev–Trinajstić information content (AvgIpc) is 3.12. The van der Waals surface area contributed by atoms with Crippen molar-refractivity contribution in [2.45, 2.75) is 25.4 Å². The van der Waals surface area contributed by atoms with Gasteiger partial charge >= 0.3 is 5.97 Å². The maximum absolute atomic E-state index is 12.2. The van der Waals surface area contributed by atoms with Gasteiger partial charge in [0.1, 0.15) is 5.76 Å². The molecular weight excluding hydrogens is 320 g/mol. The van der Waals surface area contributed by atoms with E-state index in [1.165, 1.54) is 7.11 Å². The normalized spacial score (nSPS) is 15.7. The number of ether oxygens (including phenoxy) is 1. The first-order valence-electron chi connectivity index (χ1n) is 8.41. The minimum absolute atomic E-state index is 0.0206. The Kier molecular flexibility index (Phi) is 5.50. The van der Waals surface area contributed by atoms with Gasteiger partial charge in [-0.25, -0.2) is 4.79 Å². The summed E-state index contributed by atoms with van der Waals surface area (Å²) in [4.78, 5) is 25.9. The molecule has 1 N–H and O–H groups in total. The fourth-order valence-electron chi connectivity index (χ4n) is 2.99. The second-order valence-electron chi connectivity index (χ2n) is 6.15. The molecule has 6 heteroatoms. The zero-order valence-corrected chi connectivity index (χ0v) is 14.2. The molecule has 1 aliphatic heterocycles. The number of furan rings is 1. The van der Waals surface area contributed by atoms with E-state index in [9.17, 15) is 9.59 Å². The number of rotatable bonds is 5. The largest absolute Gasteiger partial charge is 0.463 e. The van der Waals surface area contributed by atoms with Crippen molar-refractivity contribution in [1.29, 1.82) is 0 Å². The number of hydrogen-bond donors (Lipinski definition) is 1. The summed E-state index contributed by atoms with van der Waals surface area (Å²) in [6.45, 7) is 2.39. The second-order valence-corrected chi connectivity index (χ2v) is 6.15. The van der Waals surface area contributed by atoms with E-state index in [4.69, 9.17) is 4.42 Å². The maximum atomic E-state index is 12.2. The van der Waals surface area contributed by atoms with E-state index in [0.717, 1.165) is 31.7 Å². The highest BCUT2D eigenvalue weighted by Crippen LogP contribution is 2.16. The number of amides is 1. The van der Waals surface area contributed by atoms with Crippen molar-refractivity contribution < 1.29 is 18.7 Å². The van der Waals surface area contributed by atoms with E-state index in [0.29, 0.717) is 12.1 Å². The highest BCUT2D eigenvalue weighted by Gasteiger charge is 2.22. The van der Waals surface area contributed by atoms with Gasteiger partial charge in [0.05, 0.1) is 13.7 Å². The van der Waals surface area contributed by atoms with E-state index >= 15 is 0 Å². The summed E-state index contributed by atoms with van der Waals surface area (Å²) in [5.41, 5.74) is 0.691.